The van der Waals surface area contributed by atoms with Crippen molar-refractivity contribution >= 4 is 40.8 Å². The molecule has 2 radical (unpaired) electrons. The Morgan fingerprint density at radius 3 is 1.71 bits per heavy atom. The van der Waals surface area contributed by atoms with E-state index in [1.165, 1.54) is 5.56 Å². The van der Waals surface area contributed by atoms with Gasteiger partial charge in [-0.2, -0.15) is 3.84 Å². The maximum absolute atomic E-state index is 4.26. The van der Waals surface area contributed by atoms with Gasteiger partial charge in [-0.15, -0.1) is 0 Å². The molecule has 0 amide bonds. The molecule has 5 heteroatoms. The van der Waals surface area contributed by atoms with Gasteiger partial charge in [-0.1, -0.05) is 20.8 Å². The number of pyridine rings is 1. The van der Waals surface area contributed by atoms with Crippen LogP contribution >= 0.6 is 23.7 Å². The van der Waals surface area contributed by atoms with Gasteiger partial charge in [-0.25, -0.2) is 0 Å². The van der Waals surface area contributed by atoms with Gasteiger partial charge in [-0.05, 0) is 23.1 Å². The molecular weight excluding hydrogens is 288 g/mol. The summed E-state index contributed by atoms with van der Waals surface area (Å²) in [7, 11) is 0. The van der Waals surface area contributed by atoms with E-state index in [0.29, 0.717) is 0 Å². The van der Waals surface area contributed by atoms with Crippen molar-refractivity contribution in [2.45, 2.75) is 26.2 Å². The fourth-order valence-corrected chi connectivity index (χ4v) is 0.852. The number of halogens is 2. The quantitative estimate of drug-likeness (QED) is 0.686. The van der Waals surface area contributed by atoms with Crippen molar-refractivity contribution in [2.24, 2.45) is 0 Å². The number of hydrogen-bond donors (Lipinski definition) is 0. The minimum Gasteiger partial charge on any atom is -0.265 e. The third-order valence-electron chi connectivity index (χ3n) is 1.55. The molecule has 0 saturated heterocycles. The van der Waals surface area contributed by atoms with Crippen LogP contribution in [0.1, 0.15) is 26.3 Å². The van der Waals surface area contributed by atoms with Gasteiger partial charge in [0.25, 0.3) is 0 Å². The van der Waals surface area contributed by atoms with Gasteiger partial charge in [0.1, 0.15) is 0 Å². The monoisotopic (exact) mass is 301 g/mol. The van der Waals surface area contributed by atoms with Crippen molar-refractivity contribution in [3.05, 3.63) is 30.1 Å². The van der Waals surface area contributed by atoms with Crippen molar-refractivity contribution in [1.29, 1.82) is 0 Å². The van der Waals surface area contributed by atoms with Crippen LogP contribution in [0.5, 0.6) is 0 Å². The van der Waals surface area contributed by atoms with Gasteiger partial charge >= 0.3 is 0 Å². The van der Waals surface area contributed by atoms with Crippen LogP contribution in [0.25, 0.3) is 0 Å². The third-order valence-corrected chi connectivity index (χ3v) is 1.55. The van der Waals surface area contributed by atoms with Crippen LogP contribution in [0.4, 0.5) is 0 Å². The second-order valence-corrected chi connectivity index (χ2v) is 4.01. The molecule has 0 spiro atoms. The second kappa shape index (κ2) is 8.51. The number of aromatic nitrogens is 1. The summed E-state index contributed by atoms with van der Waals surface area (Å²) in [5, 5.41) is 0. The van der Waals surface area contributed by atoms with Crippen LogP contribution in [0.3, 0.4) is 0 Å². The van der Waals surface area contributed by atoms with E-state index in [9.17, 15) is 0 Å². The van der Waals surface area contributed by atoms with Crippen LogP contribution in [-0.2, 0) is 9.26 Å². The van der Waals surface area contributed by atoms with Crippen molar-refractivity contribution in [2.75, 3.05) is 0 Å². The van der Waals surface area contributed by atoms with Gasteiger partial charge in [0.2, 0.25) is 0 Å². The van der Waals surface area contributed by atoms with Crippen LogP contribution in [-0.4, -0.2) is 22.1 Å². The molecule has 0 saturated carbocycles. The van der Waals surface area contributed by atoms with Crippen molar-refractivity contribution in [3.63, 3.8) is 0 Å². The van der Waals surface area contributed by atoms with E-state index in [1.54, 1.807) is 0 Å². The SMILES string of the molecule is CC(C)(C)c1ccncc1.ClOCl.[Se]. The molecule has 1 aromatic heterocycles. The summed E-state index contributed by atoms with van der Waals surface area (Å²) >= 11 is 8.53. The molecule has 0 N–H and O–H groups in total. The molecule has 0 bridgehead atoms. The number of nitrogens with zero attached hydrogens (tertiary/aromatic N) is 1. The van der Waals surface area contributed by atoms with E-state index >= 15 is 0 Å². The Balaban J connectivity index is 0. The Morgan fingerprint density at radius 2 is 1.50 bits per heavy atom. The number of rotatable bonds is 0. The summed E-state index contributed by atoms with van der Waals surface area (Å²) in [6.45, 7) is 6.59. The first-order valence-electron chi connectivity index (χ1n) is 3.82. The minimum absolute atomic E-state index is 0. The molecule has 2 nitrogen and oxygen atoms in total. The molecule has 0 atom stereocenters. The van der Waals surface area contributed by atoms with E-state index < -0.39 is 0 Å². The Morgan fingerprint density at radius 1 is 1.14 bits per heavy atom. The van der Waals surface area contributed by atoms with Crippen molar-refractivity contribution in [1.82, 2.24) is 4.98 Å². The minimum atomic E-state index is 0. The summed E-state index contributed by atoms with van der Waals surface area (Å²) in [4.78, 5) is 3.96. The number of hydrogen-bond acceptors (Lipinski definition) is 2. The topological polar surface area (TPSA) is 22.1 Å². The molecule has 0 aromatic carbocycles. The summed E-state index contributed by atoms with van der Waals surface area (Å²) in [5.74, 6) is 0. The smallest absolute Gasteiger partial charge is 0.0832 e. The van der Waals surface area contributed by atoms with Crippen LogP contribution in [0, 0.1) is 0 Å². The molecule has 14 heavy (non-hydrogen) atoms. The molecule has 0 fully saturated rings. The van der Waals surface area contributed by atoms with E-state index in [2.05, 4.69) is 65.5 Å². The first kappa shape index (κ1) is 16.6. The average Bonchev–Trinajstić information content (AvgIpc) is 2.06. The standard InChI is InChI=1S/C9H13N.Cl2O.Se/c1-9(2,3)8-4-6-10-7-5-8;1-3-2;/h4-7H,1-3H3;;. The van der Waals surface area contributed by atoms with Gasteiger partial charge in [0, 0.05) is 29.5 Å². The average molecular weight is 301 g/mol. The second-order valence-electron chi connectivity index (χ2n) is 3.54. The molecule has 0 aliphatic carbocycles. The Kier molecular flexibility index (Phi) is 10.1. The summed E-state index contributed by atoms with van der Waals surface area (Å²) < 4.78 is 3.19. The normalized spacial score (nSPS) is 9.50. The molecular formula is C9H13Cl2NOSe. The van der Waals surface area contributed by atoms with Gasteiger partial charge in [0.15, 0.2) is 0 Å². The Hall–Kier alpha value is 0.209. The summed E-state index contributed by atoms with van der Waals surface area (Å²) in [6.07, 6.45) is 3.67. The van der Waals surface area contributed by atoms with Crippen molar-refractivity contribution in [3.8, 4) is 0 Å². The first-order valence-corrected chi connectivity index (χ1v) is 4.44. The molecule has 0 unspecified atom stereocenters. The maximum Gasteiger partial charge on any atom is 0.0832 e. The first-order chi connectivity index (χ1) is 6.02. The van der Waals surface area contributed by atoms with E-state index in [4.69, 9.17) is 0 Å². The fraction of sp³-hybridized carbons (Fsp3) is 0.444. The molecule has 1 heterocycles. The van der Waals surface area contributed by atoms with Gasteiger partial charge in [-0.3, -0.25) is 4.98 Å². The molecule has 80 valence electrons. The maximum atomic E-state index is 4.26. The molecule has 0 aliphatic heterocycles. The van der Waals surface area contributed by atoms with E-state index in [1.807, 2.05) is 12.4 Å². The van der Waals surface area contributed by atoms with E-state index in [-0.39, 0.29) is 22.5 Å². The third kappa shape index (κ3) is 7.60. The molecule has 0 aliphatic rings. The molecule has 1 aromatic rings. The van der Waals surface area contributed by atoms with Crippen LogP contribution in [0.2, 0.25) is 0 Å². The summed E-state index contributed by atoms with van der Waals surface area (Å²) in [6, 6.07) is 4.11. The largest absolute Gasteiger partial charge is 0.265 e. The Bertz CT molecular complexity index is 226. The van der Waals surface area contributed by atoms with Crippen LogP contribution < -0.4 is 0 Å². The zero-order valence-corrected chi connectivity index (χ0v) is 11.6. The predicted molar refractivity (Wildman–Crippen MR) is 61.5 cm³/mol. The Labute approximate surface area is 106 Å². The molecule has 1 rings (SSSR count). The predicted octanol–water partition coefficient (Wildman–Crippen LogP) is 3.31. The van der Waals surface area contributed by atoms with Gasteiger partial charge < -0.3 is 0 Å². The van der Waals surface area contributed by atoms with Crippen LogP contribution in [0.15, 0.2) is 24.5 Å². The zero-order chi connectivity index (χ0) is 10.3. The van der Waals surface area contributed by atoms with E-state index in [0.717, 1.165) is 0 Å². The zero-order valence-electron chi connectivity index (χ0n) is 8.33. The van der Waals surface area contributed by atoms with Crippen molar-refractivity contribution < 1.29 is 3.84 Å². The summed E-state index contributed by atoms with van der Waals surface area (Å²) in [5.41, 5.74) is 1.59. The van der Waals surface area contributed by atoms with Gasteiger partial charge in [0.05, 0.1) is 23.7 Å². The fourth-order valence-electron chi connectivity index (χ4n) is 0.852.